The molecule has 0 bridgehead atoms. The average Bonchev–Trinajstić information content (AvgIpc) is 3.14. The summed E-state index contributed by atoms with van der Waals surface area (Å²) in [7, 11) is -1.49. The average molecular weight is 287 g/mol. The molecule has 4 nitrogen and oxygen atoms in total. The first-order valence-electron chi connectivity index (χ1n) is 5.75. The molecule has 1 aliphatic carbocycles. The predicted octanol–water partition coefficient (Wildman–Crippen LogP) is 1.70. The lowest BCUT2D eigenvalue weighted by Crippen LogP contribution is -2.36. The number of nitrogen functional groups attached to an aromatic ring is 1. The van der Waals surface area contributed by atoms with Crippen LogP contribution in [0.2, 0.25) is 5.02 Å². The van der Waals surface area contributed by atoms with Crippen LogP contribution in [0.15, 0.2) is 23.1 Å². The molecular weight excluding hydrogens is 272 g/mol. The second-order valence-corrected chi connectivity index (χ2v) is 6.56. The molecule has 1 aliphatic rings. The lowest BCUT2D eigenvalue weighted by molar-refractivity contribution is -0.120. The topological polar surface area (TPSA) is 72.2 Å². The van der Waals surface area contributed by atoms with E-state index in [1.165, 1.54) is 0 Å². The van der Waals surface area contributed by atoms with Crippen molar-refractivity contribution in [3.05, 3.63) is 23.2 Å². The number of rotatable bonds is 4. The molecule has 6 heteroatoms. The van der Waals surface area contributed by atoms with Gasteiger partial charge in [0.05, 0.1) is 20.7 Å². The Hall–Kier alpha value is -1.07. The molecule has 1 saturated carbocycles. The lowest BCUT2D eigenvalue weighted by Gasteiger charge is -2.13. The third kappa shape index (κ3) is 3.03. The van der Waals surface area contributed by atoms with Crippen LogP contribution in [0.25, 0.3) is 0 Å². The summed E-state index contributed by atoms with van der Waals surface area (Å²) in [5, 5.41) is 2.57. The Labute approximate surface area is 113 Å². The molecule has 0 radical (unpaired) electrons. The molecule has 1 aromatic carbocycles. The van der Waals surface area contributed by atoms with Crippen LogP contribution < -0.4 is 11.1 Å². The third-order valence-electron chi connectivity index (χ3n) is 2.79. The fourth-order valence-electron chi connectivity index (χ4n) is 1.51. The number of hydrogen-bond donors (Lipinski definition) is 2. The predicted molar refractivity (Wildman–Crippen MR) is 72.9 cm³/mol. The molecule has 0 aliphatic heterocycles. The van der Waals surface area contributed by atoms with Gasteiger partial charge in [0.15, 0.2) is 0 Å². The van der Waals surface area contributed by atoms with Crippen molar-refractivity contribution in [2.45, 2.75) is 36.0 Å². The van der Waals surface area contributed by atoms with Gasteiger partial charge in [-0.05, 0) is 38.0 Å². The molecule has 18 heavy (non-hydrogen) atoms. The first-order chi connectivity index (χ1) is 8.49. The van der Waals surface area contributed by atoms with E-state index in [0.717, 1.165) is 12.8 Å². The Morgan fingerprint density at radius 1 is 1.56 bits per heavy atom. The van der Waals surface area contributed by atoms with Crippen LogP contribution in [0, 0.1) is 0 Å². The van der Waals surface area contributed by atoms with Crippen LogP contribution in [0.4, 0.5) is 5.69 Å². The van der Waals surface area contributed by atoms with E-state index in [-0.39, 0.29) is 11.9 Å². The zero-order chi connectivity index (χ0) is 13.3. The van der Waals surface area contributed by atoms with Crippen molar-refractivity contribution in [2.24, 2.45) is 0 Å². The summed E-state index contributed by atoms with van der Waals surface area (Å²) < 4.78 is 12.3. The summed E-state index contributed by atoms with van der Waals surface area (Å²) in [5.41, 5.74) is 6.12. The van der Waals surface area contributed by atoms with Crippen LogP contribution in [-0.4, -0.2) is 21.4 Å². The second-order valence-electron chi connectivity index (χ2n) is 4.41. The van der Waals surface area contributed by atoms with Crippen molar-refractivity contribution >= 4 is 34.0 Å². The highest BCUT2D eigenvalue weighted by molar-refractivity contribution is 7.86. The molecule has 0 aromatic heterocycles. The summed E-state index contributed by atoms with van der Waals surface area (Å²) in [5.74, 6) is -0.200. The Morgan fingerprint density at radius 3 is 2.83 bits per heavy atom. The van der Waals surface area contributed by atoms with Crippen molar-refractivity contribution in [1.29, 1.82) is 0 Å². The van der Waals surface area contributed by atoms with Crippen LogP contribution in [-0.2, 0) is 15.6 Å². The minimum Gasteiger partial charge on any atom is -0.399 e. The van der Waals surface area contributed by atoms with E-state index in [0.29, 0.717) is 15.6 Å². The van der Waals surface area contributed by atoms with Gasteiger partial charge >= 0.3 is 0 Å². The maximum atomic E-state index is 12.3. The standard InChI is InChI=1S/C12H15ClN2O2S/c1-7(12(16)15-9-3-4-9)18(17)11-6-8(14)2-5-10(11)13/h2,5-7,9H,3-4,14H2,1H3,(H,15,16). The van der Waals surface area contributed by atoms with Gasteiger partial charge in [-0.1, -0.05) is 11.6 Å². The number of hydrogen-bond acceptors (Lipinski definition) is 3. The fourth-order valence-corrected chi connectivity index (χ4v) is 3.01. The largest absolute Gasteiger partial charge is 0.399 e. The fraction of sp³-hybridized carbons (Fsp3) is 0.417. The summed E-state index contributed by atoms with van der Waals surface area (Å²) in [6, 6.07) is 5.04. The lowest BCUT2D eigenvalue weighted by atomic mass is 10.3. The number of carbonyl (C=O) groups is 1. The van der Waals surface area contributed by atoms with E-state index in [1.807, 2.05) is 0 Å². The minimum absolute atomic E-state index is 0.200. The molecule has 2 rings (SSSR count). The van der Waals surface area contributed by atoms with Crippen molar-refractivity contribution in [1.82, 2.24) is 5.32 Å². The third-order valence-corrected chi connectivity index (χ3v) is 4.86. The van der Waals surface area contributed by atoms with Crippen molar-refractivity contribution in [3.8, 4) is 0 Å². The van der Waals surface area contributed by atoms with Gasteiger partial charge in [0.1, 0.15) is 5.25 Å². The normalized spacial score (nSPS) is 18.1. The summed E-state index contributed by atoms with van der Waals surface area (Å²) >= 11 is 5.98. The van der Waals surface area contributed by atoms with E-state index < -0.39 is 16.0 Å². The molecule has 0 spiro atoms. The van der Waals surface area contributed by atoms with Gasteiger partial charge in [0.25, 0.3) is 0 Å². The molecule has 98 valence electrons. The van der Waals surface area contributed by atoms with Gasteiger partial charge in [-0.15, -0.1) is 0 Å². The van der Waals surface area contributed by atoms with E-state index >= 15 is 0 Å². The molecular formula is C12H15ClN2O2S. The summed E-state index contributed by atoms with van der Waals surface area (Å²) in [6.45, 7) is 1.63. The van der Waals surface area contributed by atoms with Crippen LogP contribution in [0.3, 0.4) is 0 Å². The number of benzene rings is 1. The number of amides is 1. The van der Waals surface area contributed by atoms with Crippen molar-refractivity contribution in [2.75, 3.05) is 5.73 Å². The van der Waals surface area contributed by atoms with Gasteiger partial charge in [-0.2, -0.15) is 0 Å². The van der Waals surface area contributed by atoms with E-state index in [4.69, 9.17) is 17.3 Å². The van der Waals surface area contributed by atoms with Crippen molar-refractivity contribution < 1.29 is 9.00 Å². The molecule has 0 saturated heterocycles. The van der Waals surface area contributed by atoms with Crippen LogP contribution in [0.5, 0.6) is 0 Å². The highest BCUT2D eigenvalue weighted by Crippen LogP contribution is 2.25. The number of carbonyl (C=O) groups excluding carboxylic acids is 1. The minimum atomic E-state index is -1.49. The Bertz CT molecular complexity index is 503. The zero-order valence-corrected chi connectivity index (χ0v) is 11.6. The summed E-state index contributed by atoms with van der Waals surface area (Å²) in [6.07, 6.45) is 2.01. The first-order valence-corrected chi connectivity index (χ1v) is 7.34. The van der Waals surface area contributed by atoms with Gasteiger partial charge in [-0.3, -0.25) is 9.00 Å². The molecule has 1 fully saturated rings. The molecule has 1 aromatic rings. The Kier molecular flexibility index (Phi) is 3.92. The Morgan fingerprint density at radius 2 is 2.22 bits per heavy atom. The number of halogens is 1. The van der Waals surface area contributed by atoms with Gasteiger partial charge in [-0.25, -0.2) is 0 Å². The SMILES string of the molecule is CC(C(=O)NC1CC1)S(=O)c1cc(N)ccc1Cl. The first kappa shape index (κ1) is 13.4. The number of nitrogens with one attached hydrogen (secondary N) is 1. The van der Waals surface area contributed by atoms with E-state index in [1.54, 1.807) is 25.1 Å². The van der Waals surface area contributed by atoms with Crippen LogP contribution >= 0.6 is 11.6 Å². The summed E-state index contributed by atoms with van der Waals surface area (Å²) in [4.78, 5) is 12.2. The van der Waals surface area contributed by atoms with E-state index in [2.05, 4.69) is 5.32 Å². The number of nitrogens with two attached hydrogens (primary N) is 1. The van der Waals surface area contributed by atoms with Crippen molar-refractivity contribution in [3.63, 3.8) is 0 Å². The molecule has 1 amide bonds. The quantitative estimate of drug-likeness (QED) is 0.828. The van der Waals surface area contributed by atoms with Gasteiger partial charge in [0, 0.05) is 11.7 Å². The highest BCUT2D eigenvalue weighted by atomic mass is 35.5. The maximum absolute atomic E-state index is 12.3. The highest BCUT2D eigenvalue weighted by Gasteiger charge is 2.29. The smallest absolute Gasteiger partial charge is 0.236 e. The number of anilines is 1. The zero-order valence-electron chi connectivity index (χ0n) is 9.98. The molecule has 3 N–H and O–H groups in total. The molecule has 2 atom stereocenters. The Balaban J connectivity index is 2.13. The second kappa shape index (κ2) is 5.28. The van der Waals surface area contributed by atoms with Gasteiger partial charge in [0.2, 0.25) is 5.91 Å². The van der Waals surface area contributed by atoms with Crippen LogP contribution in [0.1, 0.15) is 19.8 Å². The van der Waals surface area contributed by atoms with Gasteiger partial charge < -0.3 is 11.1 Å². The molecule has 2 unspecified atom stereocenters. The molecule has 0 heterocycles. The monoisotopic (exact) mass is 286 g/mol. The maximum Gasteiger partial charge on any atom is 0.236 e. The van der Waals surface area contributed by atoms with E-state index in [9.17, 15) is 9.00 Å².